The average molecular weight is 423 g/mol. The number of nitrogens with two attached hydrogens (primary N) is 1. The molecule has 3 aromatic rings. The fraction of sp³-hybridized carbons (Fsp3) is 0.238. The van der Waals surface area contributed by atoms with Crippen molar-refractivity contribution in [1.82, 2.24) is 14.9 Å². The number of hydrogen-bond donors (Lipinski definition) is 1. The molecule has 0 fully saturated rings. The van der Waals surface area contributed by atoms with Crippen LogP contribution in [0.1, 0.15) is 13.3 Å². The number of methoxy groups -OCH3 is 1. The molecule has 3 rings (SSSR count). The molecule has 0 radical (unpaired) electrons. The van der Waals surface area contributed by atoms with Crippen molar-refractivity contribution in [2.24, 2.45) is 0 Å². The molecular weight excluding hydrogens is 400 g/mol. The normalized spacial score (nSPS) is 11.5. The number of rotatable bonds is 8. The molecule has 9 heteroatoms. The Kier molecular flexibility index (Phi) is 6.93. The molecule has 0 spiro atoms. The zero-order valence-electron chi connectivity index (χ0n) is 16.7. The first kappa shape index (κ1) is 21.2. The second-order valence-corrected chi connectivity index (χ2v) is 7.71. The number of hydrogen-bond acceptors (Lipinski definition) is 7. The quantitative estimate of drug-likeness (QED) is 0.439. The molecule has 0 aliphatic carbocycles. The Morgan fingerprint density at radius 2 is 1.93 bits per heavy atom. The van der Waals surface area contributed by atoms with Crippen LogP contribution in [0.5, 0.6) is 5.75 Å². The van der Waals surface area contributed by atoms with Gasteiger partial charge in [-0.3, -0.25) is 4.79 Å². The van der Waals surface area contributed by atoms with E-state index in [1.165, 1.54) is 16.4 Å². The van der Waals surface area contributed by atoms with E-state index in [9.17, 15) is 4.79 Å². The minimum absolute atomic E-state index is 0.129. The molecular formula is C21H22N6O2S. The third-order valence-electron chi connectivity index (χ3n) is 4.42. The van der Waals surface area contributed by atoms with Crippen LogP contribution in [-0.2, 0) is 4.79 Å². The van der Waals surface area contributed by atoms with E-state index in [0.29, 0.717) is 17.5 Å². The molecule has 0 saturated carbocycles. The van der Waals surface area contributed by atoms with Crippen molar-refractivity contribution in [3.05, 3.63) is 54.6 Å². The van der Waals surface area contributed by atoms with Crippen molar-refractivity contribution >= 4 is 23.4 Å². The van der Waals surface area contributed by atoms with Crippen LogP contribution in [0.25, 0.3) is 11.4 Å². The van der Waals surface area contributed by atoms with E-state index < -0.39 is 5.25 Å². The summed E-state index contributed by atoms with van der Waals surface area (Å²) in [6.45, 7) is 2.10. The van der Waals surface area contributed by atoms with Crippen molar-refractivity contribution in [3.8, 4) is 23.2 Å². The van der Waals surface area contributed by atoms with Gasteiger partial charge in [-0.05, 0) is 43.3 Å². The zero-order chi connectivity index (χ0) is 21.5. The molecule has 1 unspecified atom stereocenters. The maximum absolute atomic E-state index is 13.1. The molecule has 154 valence electrons. The zero-order valence-corrected chi connectivity index (χ0v) is 17.5. The lowest BCUT2D eigenvalue weighted by atomic mass is 10.2. The lowest BCUT2D eigenvalue weighted by Crippen LogP contribution is -2.37. The number of nitrogens with zero attached hydrogens (tertiary/aromatic N) is 5. The molecule has 0 saturated heterocycles. The highest BCUT2D eigenvalue weighted by Gasteiger charge is 2.25. The van der Waals surface area contributed by atoms with Crippen LogP contribution in [0.3, 0.4) is 0 Å². The number of ether oxygens (including phenoxy) is 1. The van der Waals surface area contributed by atoms with E-state index in [1.807, 2.05) is 54.6 Å². The number of benzene rings is 2. The Morgan fingerprint density at radius 1 is 1.23 bits per heavy atom. The largest absolute Gasteiger partial charge is 0.497 e. The van der Waals surface area contributed by atoms with Crippen molar-refractivity contribution < 1.29 is 9.53 Å². The van der Waals surface area contributed by atoms with Crippen LogP contribution in [0.4, 0.5) is 5.69 Å². The Bertz CT molecular complexity index is 1030. The first-order valence-electron chi connectivity index (χ1n) is 9.30. The van der Waals surface area contributed by atoms with Gasteiger partial charge >= 0.3 is 0 Å². The van der Waals surface area contributed by atoms with Crippen LogP contribution in [0.2, 0.25) is 0 Å². The first-order chi connectivity index (χ1) is 14.5. The summed E-state index contributed by atoms with van der Waals surface area (Å²) in [5, 5.41) is 17.2. The Morgan fingerprint density at radius 3 is 2.57 bits per heavy atom. The predicted octanol–water partition coefficient (Wildman–Crippen LogP) is 3.09. The summed E-state index contributed by atoms with van der Waals surface area (Å²) in [5.41, 5.74) is 1.54. The second kappa shape index (κ2) is 9.80. The number of nitriles is 1. The van der Waals surface area contributed by atoms with Crippen LogP contribution in [-0.4, -0.2) is 39.7 Å². The number of thioether (sulfide) groups is 1. The van der Waals surface area contributed by atoms with Gasteiger partial charge in [0.15, 0.2) is 5.82 Å². The van der Waals surface area contributed by atoms with E-state index in [4.69, 9.17) is 15.8 Å². The van der Waals surface area contributed by atoms with Crippen molar-refractivity contribution in [2.75, 3.05) is 24.4 Å². The molecule has 0 aliphatic rings. The number of nitrogen functional groups attached to an aromatic ring is 1. The van der Waals surface area contributed by atoms with Crippen LogP contribution < -0.4 is 15.5 Å². The third kappa shape index (κ3) is 4.72. The van der Waals surface area contributed by atoms with Gasteiger partial charge in [0.05, 0.1) is 24.8 Å². The average Bonchev–Trinajstić information content (AvgIpc) is 3.14. The molecule has 2 N–H and O–H groups in total. The third-order valence-corrected chi connectivity index (χ3v) is 5.47. The van der Waals surface area contributed by atoms with Gasteiger partial charge in [-0.15, -0.1) is 10.2 Å². The van der Waals surface area contributed by atoms with Crippen molar-refractivity contribution in [3.63, 3.8) is 0 Å². The second-order valence-electron chi connectivity index (χ2n) is 6.40. The summed E-state index contributed by atoms with van der Waals surface area (Å²) < 4.78 is 6.54. The SMILES string of the molecule is COc1ccc(-c2nnc(SC(C)C(=O)N(CCC#N)c3ccccc3)n2N)cc1. The highest BCUT2D eigenvalue weighted by atomic mass is 32.2. The molecule has 1 aromatic heterocycles. The van der Waals surface area contributed by atoms with Gasteiger partial charge in [0.2, 0.25) is 11.1 Å². The summed E-state index contributed by atoms with van der Waals surface area (Å²) >= 11 is 1.22. The van der Waals surface area contributed by atoms with Gasteiger partial charge in [-0.2, -0.15) is 5.26 Å². The number of amides is 1. The van der Waals surface area contributed by atoms with Crippen molar-refractivity contribution in [2.45, 2.75) is 23.8 Å². The number of anilines is 1. The van der Waals surface area contributed by atoms with Crippen molar-refractivity contribution in [1.29, 1.82) is 5.26 Å². The summed E-state index contributed by atoms with van der Waals surface area (Å²) in [7, 11) is 1.60. The molecule has 1 heterocycles. The van der Waals surface area contributed by atoms with E-state index >= 15 is 0 Å². The molecule has 0 bridgehead atoms. The fourth-order valence-corrected chi connectivity index (χ4v) is 3.69. The highest BCUT2D eigenvalue weighted by molar-refractivity contribution is 8.00. The van der Waals surface area contributed by atoms with E-state index in [1.54, 1.807) is 18.9 Å². The minimum Gasteiger partial charge on any atom is -0.497 e. The van der Waals surface area contributed by atoms with Crippen LogP contribution in [0.15, 0.2) is 59.8 Å². The van der Waals surface area contributed by atoms with Gasteiger partial charge in [0.25, 0.3) is 0 Å². The number of carbonyl (C=O) groups is 1. The smallest absolute Gasteiger partial charge is 0.240 e. The Hall–Kier alpha value is -3.51. The van der Waals surface area contributed by atoms with Gasteiger partial charge in [0, 0.05) is 17.8 Å². The summed E-state index contributed by atoms with van der Waals surface area (Å²) in [4.78, 5) is 14.7. The first-order valence-corrected chi connectivity index (χ1v) is 10.2. The summed E-state index contributed by atoms with van der Waals surface area (Å²) in [6, 6.07) is 18.7. The monoisotopic (exact) mass is 422 g/mol. The molecule has 1 atom stereocenters. The number of carbonyl (C=O) groups excluding carboxylic acids is 1. The van der Waals surface area contributed by atoms with E-state index in [2.05, 4.69) is 16.3 Å². The topological polar surface area (TPSA) is 110 Å². The Balaban J connectivity index is 1.77. The molecule has 8 nitrogen and oxygen atoms in total. The number of aromatic nitrogens is 3. The molecule has 2 aromatic carbocycles. The standard InChI is InChI=1S/C21H22N6O2S/c1-15(20(28)26(14-6-13-22)17-7-4-3-5-8-17)30-21-25-24-19(27(21)23)16-9-11-18(29-2)12-10-16/h3-5,7-12,15H,6,14,23H2,1-2H3. The maximum atomic E-state index is 13.1. The Labute approximate surface area is 179 Å². The van der Waals surface area contributed by atoms with Gasteiger partial charge in [-0.1, -0.05) is 30.0 Å². The maximum Gasteiger partial charge on any atom is 0.240 e. The van der Waals surface area contributed by atoms with E-state index in [0.717, 1.165) is 17.0 Å². The lowest BCUT2D eigenvalue weighted by molar-refractivity contribution is -0.117. The van der Waals surface area contributed by atoms with Gasteiger partial charge in [0.1, 0.15) is 5.75 Å². The van der Waals surface area contributed by atoms with Gasteiger partial charge < -0.3 is 15.5 Å². The van der Waals surface area contributed by atoms with Crippen LogP contribution in [0, 0.1) is 11.3 Å². The van der Waals surface area contributed by atoms with Gasteiger partial charge in [-0.25, -0.2) is 4.68 Å². The predicted molar refractivity (Wildman–Crippen MR) is 117 cm³/mol. The van der Waals surface area contributed by atoms with E-state index in [-0.39, 0.29) is 12.3 Å². The summed E-state index contributed by atoms with van der Waals surface area (Å²) in [6.07, 6.45) is 0.243. The molecule has 0 aliphatic heterocycles. The number of para-hydroxylation sites is 1. The molecule has 30 heavy (non-hydrogen) atoms. The van der Waals surface area contributed by atoms with Crippen LogP contribution >= 0.6 is 11.8 Å². The minimum atomic E-state index is -0.473. The molecule has 1 amide bonds. The highest BCUT2D eigenvalue weighted by Crippen LogP contribution is 2.28. The summed E-state index contributed by atoms with van der Waals surface area (Å²) in [5.74, 6) is 7.28. The lowest BCUT2D eigenvalue weighted by Gasteiger charge is -2.24. The fourth-order valence-electron chi connectivity index (χ4n) is 2.86.